The Hall–Kier alpha value is -3.41. The minimum absolute atomic E-state index is 0.202. The Kier molecular flexibility index (Phi) is 5.43. The zero-order chi connectivity index (χ0) is 18.4. The molecule has 0 aliphatic carbocycles. The third kappa shape index (κ3) is 4.16. The number of hydrogen-bond donors (Lipinski definition) is 2. The SMILES string of the molecule is COc1ccccc1CNc1ccc(NC(=O)c2ccccc2C)nn1. The van der Waals surface area contributed by atoms with Crippen molar-refractivity contribution in [3.05, 3.63) is 77.4 Å². The Morgan fingerprint density at radius 3 is 2.38 bits per heavy atom. The first-order valence-electron chi connectivity index (χ1n) is 8.24. The normalized spacial score (nSPS) is 10.2. The van der Waals surface area contributed by atoms with Gasteiger partial charge in [-0.1, -0.05) is 36.4 Å². The molecule has 0 aliphatic heterocycles. The minimum Gasteiger partial charge on any atom is -0.496 e. The second-order valence-electron chi connectivity index (χ2n) is 5.74. The van der Waals surface area contributed by atoms with E-state index in [2.05, 4.69) is 20.8 Å². The molecule has 0 bridgehead atoms. The molecule has 0 unspecified atom stereocenters. The van der Waals surface area contributed by atoms with E-state index in [1.54, 1.807) is 25.3 Å². The summed E-state index contributed by atoms with van der Waals surface area (Å²) < 4.78 is 5.32. The highest BCUT2D eigenvalue weighted by Gasteiger charge is 2.09. The summed E-state index contributed by atoms with van der Waals surface area (Å²) in [6.07, 6.45) is 0. The summed E-state index contributed by atoms with van der Waals surface area (Å²) in [5.41, 5.74) is 2.55. The van der Waals surface area contributed by atoms with Crippen LogP contribution in [0, 0.1) is 6.92 Å². The predicted octanol–water partition coefficient (Wildman–Crippen LogP) is 3.66. The van der Waals surface area contributed by atoms with E-state index in [0.29, 0.717) is 23.7 Å². The van der Waals surface area contributed by atoms with Crippen LogP contribution in [0.3, 0.4) is 0 Å². The van der Waals surface area contributed by atoms with Crippen LogP contribution < -0.4 is 15.4 Å². The van der Waals surface area contributed by atoms with Gasteiger partial charge in [-0.15, -0.1) is 10.2 Å². The van der Waals surface area contributed by atoms with Crippen molar-refractivity contribution in [3.8, 4) is 5.75 Å². The largest absolute Gasteiger partial charge is 0.496 e. The van der Waals surface area contributed by atoms with Gasteiger partial charge in [-0.05, 0) is 36.8 Å². The lowest BCUT2D eigenvalue weighted by Crippen LogP contribution is -2.15. The van der Waals surface area contributed by atoms with Crippen LogP contribution in [-0.2, 0) is 6.54 Å². The average Bonchev–Trinajstić information content (AvgIpc) is 2.68. The monoisotopic (exact) mass is 348 g/mol. The van der Waals surface area contributed by atoms with E-state index in [9.17, 15) is 4.79 Å². The van der Waals surface area contributed by atoms with Crippen LogP contribution in [-0.4, -0.2) is 23.2 Å². The van der Waals surface area contributed by atoms with Gasteiger partial charge in [0.05, 0.1) is 7.11 Å². The summed E-state index contributed by atoms with van der Waals surface area (Å²) >= 11 is 0. The number of ether oxygens (including phenoxy) is 1. The van der Waals surface area contributed by atoms with Gasteiger partial charge in [0, 0.05) is 17.7 Å². The van der Waals surface area contributed by atoms with Crippen LogP contribution in [0.2, 0.25) is 0 Å². The van der Waals surface area contributed by atoms with Crippen molar-refractivity contribution in [1.82, 2.24) is 10.2 Å². The number of aromatic nitrogens is 2. The van der Waals surface area contributed by atoms with Crippen molar-refractivity contribution < 1.29 is 9.53 Å². The molecule has 6 nitrogen and oxygen atoms in total. The molecule has 1 aromatic heterocycles. The van der Waals surface area contributed by atoms with Crippen LogP contribution in [0.4, 0.5) is 11.6 Å². The Balaban J connectivity index is 1.62. The van der Waals surface area contributed by atoms with E-state index in [4.69, 9.17) is 4.74 Å². The number of para-hydroxylation sites is 1. The highest BCUT2D eigenvalue weighted by atomic mass is 16.5. The van der Waals surface area contributed by atoms with Gasteiger partial charge in [-0.25, -0.2) is 0 Å². The first-order chi connectivity index (χ1) is 12.7. The summed E-state index contributed by atoms with van der Waals surface area (Å²) in [5, 5.41) is 14.1. The van der Waals surface area contributed by atoms with E-state index in [-0.39, 0.29) is 5.91 Å². The van der Waals surface area contributed by atoms with E-state index in [1.165, 1.54) is 0 Å². The number of methoxy groups -OCH3 is 1. The molecule has 0 saturated carbocycles. The minimum atomic E-state index is -0.202. The number of anilines is 2. The predicted molar refractivity (Wildman–Crippen MR) is 101 cm³/mol. The number of carbonyl (C=O) groups is 1. The van der Waals surface area contributed by atoms with Crippen molar-refractivity contribution >= 4 is 17.5 Å². The van der Waals surface area contributed by atoms with Crippen LogP contribution in [0.25, 0.3) is 0 Å². The zero-order valence-corrected chi connectivity index (χ0v) is 14.7. The fourth-order valence-corrected chi connectivity index (χ4v) is 2.54. The van der Waals surface area contributed by atoms with Crippen molar-refractivity contribution in [2.24, 2.45) is 0 Å². The number of nitrogens with zero attached hydrogens (tertiary/aromatic N) is 2. The second-order valence-corrected chi connectivity index (χ2v) is 5.74. The molecule has 3 aromatic rings. The van der Waals surface area contributed by atoms with Gasteiger partial charge in [-0.2, -0.15) is 0 Å². The summed E-state index contributed by atoms with van der Waals surface area (Å²) in [5.74, 6) is 1.63. The highest BCUT2D eigenvalue weighted by Crippen LogP contribution is 2.18. The molecule has 1 amide bonds. The molecule has 1 heterocycles. The fraction of sp³-hybridized carbons (Fsp3) is 0.150. The average molecular weight is 348 g/mol. The van der Waals surface area contributed by atoms with Crippen molar-refractivity contribution in [2.45, 2.75) is 13.5 Å². The van der Waals surface area contributed by atoms with E-state index >= 15 is 0 Å². The Labute approximate surface area is 152 Å². The molecule has 6 heteroatoms. The maximum Gasteiger partial charge on any atom is 0.257 e. The van der Waals surface area contributed by atoms with Crippen LogP contribution >= 0.6 is 0 Å². The quantitative estimate of drug-likeness (QED) is 0.711. The van der Waals surface area contributed by atoms with Gasteiger partial charge in [0.15, 0.2) is 5.82 Å². The lowest BCUT2D eigenvalue weighted by molar-refractivity contribution is 0.102. The maximum absolute atomic E-state index is 12.3. The third-order valence-corrected chi connectivity index (χ3v) is 3.95. The molecule has 132 valence electrons. The third-order valence-electron chi connectivity index (χ3n) is 3.95. The smallest absolute Gasteiger partial charge is 0.257 e. The lowest BCUT2D eigenvalue weighted by Gasteiger charge is -2.10. The number of carbonyl (C=O) groups excluding carboxylic acids is 1. The van der Waals surface area contributed by atoms with Gasteiger partial charge in [-0.3, -0.25) is 4.79 Å². The van der Waals surface area contributed by atoms with Gasteiger partial charge < -0.3 is 15.4 Å². The number of hydrogen-bond acceptors (Lipinski definition) is 5. The Morgan fingerprint density at radius 2 is 1.65 bits per heavy atom. The molecule has 2 N–H and O–H groups in total. The molecular weight excluding hydrogens is 328 g/mol. The molecule has 26 heavy (non-hydrogen) atoms. The van der Waals surface area contributed by atoms with Gasteiger partial charge in [0.25, 0.3) is 5.91 Å². The molecule has 0 spiro atoms. The summed E-state index contributed by atoms with van der Waals surface area (Å²) in [6, 6.07) is 18.7. The molecule has 0 saturated heterocycles. The molecule has 0 aliphatic rings. The molecule has 0 radical (unpaired) electrons. The molecule has 2 aromatic carbocycles. The van der Waals surface area contributed by atoms with E-state index in [0.717, 1.165) is 16.9 Å². The summed E-state index contributed by atoms with van der Waals surface area (Å²) in [4.78, 5) is 12.3. The molecule has 0 fully saturated rings. The molecule has 3 rings (SSSR count). The van der Waals surface area contributed by atoms with Crippen molar-refractivity contribution in [2.75, 3.05) is 17.7 Å². The van der Waals surface area contributed by atoms with Crippen LogP contribution in [0.15, 0.2) is 60.7 Å². The summed E-state index contributed by atoms with van der Waals surface area (Å²) in [7, 11) is 1.64. The fourth-order valence-electron chi connectivity index (χ4n) is 2.54. The van der Waals surface area contributed by atoms with Gasteiger partial charge in [0.2, 0.25) is 0 Å². The molecule has 0 atom stereocenters. The Bertz CT molecular complexity index is 894. The Morgan fingerprint density at radius 1 is 0.962 bits per heavy atom. The van der Waals surface area contributed by atoms with E-state index in [1.807, 2.05) is 49.4 Å². The van der Waals surface area contributed by atoms with Crippen LogP contribution in [0.5, 0.6) is 5.75 Å². The first-order valence-corrected chi connectivity index (χ1v) is 8.24. The highest BCUT2D eigenvalue weighted by molar-refractivity contribution is 6.04. The van der Waals surface area contributed by atoms with Gasteiger partial charge >= 0.3 is 0 Å². The number of benzene rings is 2. The van der Waals surface area contributed by atoms with Crippen molar-refractivity contribution in [3.63, 3.8) is 0 Å². The van der Waals surface area contributed by atoms with Crippen LogP contribution in [0.1, 0.15) is 21.5 Å². The first kappa shape index (κ1) is 17.4. The standard InChI is InChI=1S/C20H20N4O2/c1-14-7-3-5-9-16(14)20(25)22-19-12-11-18(23-24-19)21-13-15-8-4-6-10-17(15)26-2/h3-12H,13H2,1-2H3,(H,21,23)(H,22,24,25). The second kappa shape index (κ2) is 8.11. The van der Waals surface area contributed by atoms with Gasteiger partial charge in [0.1, 0.15) is 11.6 Å². The number of nitrogens with one attached hydrogen (secondary N) is 2. The molecular formula is C20H20N4O2. The zero-order valence-electron chi connectivity index (χ0n) is 14.7. The number of aryl methyl sites for hydroxylation is 1. The number of amides is 1. The number of rotatable bonds is 6. The summed E-state index contributed by atoms with van der Waals surface area (Å²) in [6.45, 7) is 2.46. The lowest BCUT2D eigenvalue weighted by atomic mass is 10.1. The van der Waals surface area contributed by atoms with E-state index < -0.39 is 0 Å². The maximum atomic E-state index is 12.3. The topological polar surface area (TPSA) is 76.1 Å². The van der Waals surface area contributed by atoms with Crippen molar-refractivity contribution in [1.29, 1.82) is 0 Å².